The molecule has 0 bridgehead atoms. The van der Waals surface area contributed by atoms with Crippen LogP contribution in [0.4, 0.5) is 0 Å². The van der Waals surface area contributed by atoms with E-state index in [4.69, 9.17) is 0 Å². The molecule has 0 aromatic rings. The topological polar surface area (TPSA) is 47.9 Å². The number of likely N-dealkylation sites (N-methyl/N-ethyl adjacent to an activating group) is 1. The summed E-state index contributed by atoms with van der Waals surface area (Å²) in [7, 11) is 2.02. The van der Waals surface area contributed by atoms with E-state index in [0.29, 0.717) is 0 Å². The average molecular weight is 199 g/mol. The molecule has 14 heavy (non-hydrogen) atoms. The van der Waals surface area contributed by atoms with E-state index in [1.54, 1.807) is 0 Å². The Labute approximate surface area is 86.0 Å². The van der Waals surface area contributed by atoms with Gasteiger partial charge in [-0.15, -0.1) is 0 Å². The summed E-state index contributed by atoms with van der Waals surface area (Å²) in [6.45, 7) is 7.56. The normalized spacial score (nSPS) is 19.5. The maximum absolute atomic E-state index is 9.63. The number of aliphatic hydroxyl groups is 1. The molecular weight excluding hydrogens is 178 g/mol. The number of rotatable bonds is 3. The van der Waals surface area contributed by atoms with E-state index in [9.17, 15) is 5.11 Å². The van der Waals surface area contributed by atoms with Gasteiger partial charge in [-0.25, -0.2) is 0 Å². The number of hydrogen-bond acceptors (Lipinski definition) is 4. The van der Waals surface area contributed by atoms with Gasteiger partial charge in [0.2, 0.25) is 0 Å². The van der Waals surface area contributed by atoms with Crippen LogP contribution in [0.25, 0.3) is 0 Å². The second-order valence-corrected chi connectivity index (χ2v) is 4.69. The van der Waals surface area contributed by atoms with Gasteiger partial charge in [0, 0.05) is 19.6 Å². The van der Waals surface area contributed by atoms with Crippen molar-refractivity contribution in [2.75, 3.05) is 20.1 Å². The summed E-state index contributed by atoms with van der Waals surface area (Å²) in [4.78, 5) is 6.43. The molecule has 0 aliphatic carbocycles. The zero-order valence-electron chi connectivity index (χ0n) is 9.54. The molecule has 4 nitrogen and oxygen atoms in total. The van der Waals surface area contributed by atoms with Gasteiger partial charge in [-0.05, 0) is 27.2 Å². The molecule has 0 saturated carbocycles. The molecule has 1 atom stereocenters. The lowest BCUT2D eigenvalue weighted by Crippen LogP contribution is -2.43. The van der Waals surface area contributed by atoms with Crippen molar-refractivity contribution >= 4 is 5.96 Å². The number of nitrogens with one attached hydrogen (secondary N) is 1. The predicted octanol–water partition coefficient (Wildman–Crippen LogP) is 0.427. The third-order valence-corrected chi connectivity index (χ3v) is 2.24. The van der Waals surface area contributed by atoms with E-state index in [1.165, 1.54) is 0 Å². The van der Waals surface area contributed by atoms with Crippen molar-refractivity contribution in [1.29, 1.82) is 0 Å². The van der Waals surface area contributed by atoms with Crippen molar-refractivity contribution in [2.45, 2.75) is 38.8 Å². The third kappa shape index (κ3) is 3.54. The van der Waals surface area contributed by atoms with E-state index in [0.717, 1.165) is 25.5 Å². The quantitative estimate of drug-likeness (QED) is 0.693. The maximum Gasteiger partial charge on any atom is 0.193 e. The Morgan fingerprint density at radius 2 is 2.29 bits per heavy atom. The van der Waals surface area contributed by atoms with Crippen LogP contribution in [0, 0.1) is 0 Å². The Bertz CT molecular complexity index is 220. The van der Waals surface area contributed by atoms with Gasteiger partial charge in [-0.2, -0.15) is 0 Å². The zero-order valence-corrected chi connectivity index (χ0v) is 9.54. The lowest BCUT2D eigenvalue weighted by atomic mass is 10.0. The fourth-order valence-corrected chi connectivity index (χ4v) is 1.71. The molecule has 1 unspecified atom stereocenters. The van der Waals surface area contributed by atoms with Crippen LogP contribution in [0.15, 0.2) is 4.99 Å². The number of hydrogen-bond donors (Lipinski definition) is 2. The Balaban J connectivity index is 2.37. The standard InChI is InChI=1S/C10H21N3O/c1-8(7-10(2,3)14)12-9-11-5-6-13(9)4/h8,14H,5-7H2,1-4H3,(H,11,12). The van der Waals surface area contributed by atoms with Gasteiger partial charge in [0.25, 0.3) is 0 Å². The minimum atomic E-state index is -0.621. The van der Waals surface area contributed by atoms with Crippen molar-refractivity contribution in [3.63, 3.8) is 0 Å². The molecule has 0 spiro atoms. The molecule has 1 aliphatic heterocycles. The molecule has 82 valence electrons. The zero-order chi connectivity index (χ0) is 10.8. The second-order valence-electron chi connectivity index (χ2n) is 4.69. The molecular formula is C10H21N3O. The van der Waals surface area contributed by atoms with E-state index >= 15 is 0 Å². The second kappa shape index (κ2) is 4.17. The van der Waals surface area contributed by atoms with Crippen molar-refractivity contribution in [1.82, 2.24) is 10.2 Å². The third-order valence-electron chi connectivity index (χ3n) is 2.24. The largest absolute Gasteiger partial charge is 0.390 e. The first-order valence-electron chi connectivity index (χ1n) is 5.13. The maximum atomic E-state index is 9.63. The van der Waals surface area contributed by atoms with Crippen LogP contribution in [-0.4, -0.2) is 47.7 Å². The SMILES string of the molecule is CC(CC(C)(C)O)NC1=NCCN1C. The lowest BCUT2D eigenvalue weighted by Gasteiger charge is -2.25. The summed E-state index contributed by atoms with van der Waals surface area (Å²) >= 11 is 0. The molecule has 2 N–H and O–H groups in total. The molecule has 0 aromatic carbocycles. The highest BCUT2D eigenvalue weighted by atomic mass is 16.3. The van der Waals surface area contributed by atoms with Crippen molar-refractivity contribution in [2.24, 2.45) is 4.99 Å². The number of nitrogens with zero attached hydrogens (tertiary/aromatic N) is 2. The van der Waals surface area contributed by atoms with Crippen LogP contribution in [-0.2, 0) is 0 Å². The van der Waals surface area contributed by atoms with Crippen LogP contribution in [0.1, 0.15) is 27.2 Å². The van der Waals surface area contributed by atoms with E-state index in [2.05, 4.69) is 22.1 Å². The minimum absolute atomic E-state index is 0.245. The highest BCUT2D eigenvalue weighted by Gasteiger charge is 2.20. The summed E-state index contributed by atoms with van der Waals surface area (Å²) in [5.41, 5.74) is -0.621. The van der Waals surface area contributed by atoms with Gasteiger partial charge in [-0.1, -0.05) is 0 Å². The smallest absolute Gasteiger partial charge is 0.193 e. The first-order valence-corrected chi connectivity index (χ1v) is 5.13. The molecule has 1 aliphatic rings. The summed E-state index contributed by atoms with van der Waals surface area (Å²) in [6.07, 6.45) is 0.722. The summed E-state index contributed by atoms with van der Waals surface area (Å²) in [5.74, 6) is 0.946. The fraction of sp³-hybridized carbons (Fsp3) is 0.900. The molecule has 0 amide bonds. The molecule has 4 heteroatoms. The minimum Gasteiger partial charge on any atom is -0.390 e. The van der Waals surface area contributed by atoms with Crippen LogP contribution >= 0.6 is 0 Å². The molecule has 0 aromatic heterocycles. The Morgan fingerprint density at radius 1 is 1.64 bits per heavy atom. The monoisotopic (exact) mass is 199 g/mol. The molecule has 1 heterocycles. The van der Waals surface area contributed by atoms with Gasteiger partial charge >= 0.3 is 0 Å². The van der Waals surface area contributed by atoms with Crippen molar-refractivity contribution in [3.8, 4) is 0 Å². The van der Waals surface area contributed by atoms with Crippen LogP contribution < -0.4 is 5.32 Å². The Morgan fingerprint density at radius 3 is 2.71 bits per heavy atom. The lowest BCUT2D eigenvalue weighted by molar-refractivity contribution is 0.0632. The van der Waals surface area contributed by atoms with Gasteiger partial charge in [-0.3, -0.25) is 4.99 Å². The molecule has 0 saturated heterocycles. The molecule has 1 rings (SSSR count). The summed E-state index contributed by atoms with van der Waals surface area (Å²) in [6, 6.07) is 0.245. The molecule has 0 fully saturated rings. The van der Waals surface area contributed by atoms with E-state index in [-0.39, 0.29) is 6.04 Å². The highest BCUT2D eigenvalue weighted by molar-refractivity contribution is 5.81. The van der Waals surface area contributed by atoms with Crippen molar-refractivity contribution < 1.29 is 5.11 Å². The van der Waals surface area contributed by atoms with E-state index < -0.39 is 5.60 Å². The first kappa shape index (κ1) is 11.3. The molecule has 0 radical (unpaired) electrons. The van der Waals surface area contributed by atoms with Gasteiger partial charge < -0.3 is 15.3 Å². The first-order chi connectivity index (χ1) is 6.38. The summed E-state index contributed by atoms with van der Waals surface area (Å²) in [5, 5.41) is 12.9. The average Bonchev–Trinajstić information content (AvgIpc) is 2.32. The Kier molecular flexibility index (Phi) is 3.37. The Hall–Kier alpha value is -0.770. The highest BCUT2D eigenvalue weighted by Crippen LogP contribution is 2.10. The van der Waals surface area contributed by atoms with Crippen LogP contribution in [0.2, 0.25) is 0 Å². The fourth-order valence-electron chi connectivity index (χ4n) is 1.71. The predicted molar refractivity (Wildman–Crippen MR) is 58.4 cm³/mol. The number of guanidine groups is 1. The van der Waals surface area contributed by atoms with Crippen molar-refractivity contribution in [3.05, 3.63) is 0 Å². The van der Waals surface area contributed by atoms with E-state index in [1.807, 2.05) is 20.9 Å². The van der Waals surface area contributed by atoms with Crippen LogP contribution in [0.3, 0.4) is 0 Å². The summed E-state index contributed by atoms with van der Waals surface area (Å²) < 4.78 is 0. The van der Waals surface area contributed by atoms with Crippen LogP contribution in [0.5, 0.6) is 0 Å². The van der Waals surface area contributed by atoms with Gasteiger partial charge in [0.1, 0.15) is 0 Å². The van der Waals surface area contributed by atoms with Gasteiger partial charge in [0.15, 0.2) is 5.96 Å². The number of aliphatic imine (C=N–C) groups is 1. The van der Waals surface area contributed by atoms with Gasteiger partial charge in [0.05, 0.1) is 12.1 Å².